The fraction of sp³-hybridized carbons (Fsp3) is 0.333. The van der Waals surface area contributed by atoms with Gasteiger partial charge in [0, 0.05) is 12.1 Å². The molecule has 0 heterocycles. The summed E-state index contributed by atoms with van der Waals surface area (Å²) in [5.41, 5.74) is -0.262. The first-order valence-electron chi connectivity index (χ1n) is 7.61. The van der Waals surface area contributed by atoms with E-state index in [1.165, 1.54) is 6.07 Å². The number of carbonyl (C=O) groups is 1. The van der Waals surface area contributed by atoms with E-state index in [0.717, 1.165) is 12.2 Å². The van der Waals surface area contributed by atoms with E-state index in [2.05, 4.69) is 5.32 Å². The molecule has 1 rings (SSSR count). The van der Waals surface area contributed by atoms with E-state index in [1.54, 1.807) is 32.0 Å². The molecule has 0 aliphatic carbocycles. The van der Waals surface area contributed by atoms with Gasteiger partial charge in [0.1, 0.15) is 0 Å². The van der Waals surface area contributed by atoms with Crippen molar-refractivity contribution in [2.45, 2.75) is 39.3 Å². The van der Waals surface area contributed by atoms with Crippen molar-refractivity contribution in [2.24, 2.45) is 0 Å². The predicted octanol–water partition coefficient (Wildman–Crippen LogP) is 5.12. The van der Waals surface area contributed by atoms with Gasteiger partial charge in [-0.1, -0.05) is 26.0 Å². The monoisotopic (exact) mass is 336 g/mol. The summed E-state index contributed by atoms with van der Waals surface area (Å²) in [6.07, 6.45) is -1.81. The molecule has 0 aromatic heterocycles. The van der Waals surface area contributed by atoms with E-state index in [4.69, 9.17) is 5.26 Å². The van der Waals surface area contributed by atoms with Crippen molar-refractivity contribution >= 4 is 11.5 Å². The van der Waals surface area contributed by atoms with Crippen molar-refractivity contribution in [3.05, 3.63) is 53.3 Å². The van der Waals surface area contributed by atoms with E-state index >= 15 is 0 Å². The van der Waals surface area contributed by atoms with Crippen molar-refractivity contribution in [3.63, 3.8) is 0 Å². The van der Waals surface area contributed by atoms with Gasteiger partial charge in [-0.2, -0.15) is 18.4 Å². The Kier molecular flexibility index (Phi) is 7.25. The highest BCUT2D eigenvalue weighted by Crippen LogP contribution is 2.28. The zero-order valence-electron chi connectivity index (χ0n) is 13.6. The van der Waals surface area contributed by atoms with Crippen LogP contribution >= 0.6 is 0 Å². The summed E-state index contributed by atoms with van der Waals surface area (Å²) in [6, 6.07) is 8.17. The maximum Gasteiger partial charge on any atom is 0.416 e. The third-order valence-corrected chi connectivity index (χ3v) is 3.10. The van der Waals surface area contributed by atoms with Gasteiger partial charge in [-0.25, -0.2) is 0 Å². The lowest BCUT2D eigenvalue weighted by molar-refractivity contribution is -0.115. The highest BCUT2D eigenvalue weighted by molar-refractivity contribution is 5.98. The highest BCUT2D eigenvalue weighted by Gasteiger charge is 2.32. The van der Waals surface area contributed by atoms with E-state index in [0.29, 0.717) is 17.7 Å². The normalized spacial score (nSPS) is 12.7. The van der Waals surface area contributed by atoms with E-state index in [1.807, 2.05) is 6.07 Å². The van der Waals surface area contributed by atoms with Gasteiger partial charge in [0.05, 0.1) is 22.9 Å². The van der Waals surface area contributed by atoms with Crippen LogP contribution in [0, 0.1) is 11.3 Å². The number of nitrogens with zero attached hydrogens (tertiary/aromatic N) is 1. The number of rotatable bonds is 7. The molecule has 1 N–H and O–H groups in total. The van der Waals surface area contributed by atoms with Crippen molar-refractivity contribution < 1.29 is 18.0 Å². The highest BCUT2D eigenvalue weighted by atomic mass is 19.4. The lowest BCUT2D eigenvalue weighted by Crippen LogP contribution is -2.16. The molecule has 128 valence electrons. The fourth-order valence-corrected chi connectivity index (χ4v) is 2.00. The van der Waals surface area contributed by atoms with E-state index < -0.39 is 17.5 Å². The van der Waals surface area contributed by atoms with Gasteiger partial charge in [0.2, 0.25) is 0 Å². The van der Waals surface area contributed by atoms with Crippen molar-refractivity contribution in [1.29, 1.82) is 5.26 Å². The molecule has 0 unspecified atom stereocenters. The summed E-state index contributed by atoms with van der Waals surface area (Å²) in [7, 11) is 0. The number of hydrogen-bond acceptors (Lipinski definition) is 3. The summed E-state index contributed by atoms with van der Waals surface area (Å²) in [5, 5.41) is 11.6. The standard InChI is InChI=1S/C18H19F3N2O/c1-3-6-14(18(19,20)21)11-16(17(24)7-4-2)23-15-9-5-8-13(10-15)12-22/h5-6,8-11,23H,3-4,7H2,1-2H3/b14-6-,16-11-. The molecule has 0 fully saturated rings. The van der Waals surface area contributed by atoms with Gasteiger partial charge >= 0.3 is 6.18 Å². The Hall–Kier alpha value is -2.55. The SMILES string of the molecule is CC/C=C(/C=C(\Nc1cccc(C#N)c1)C(=O)CCC)C(F)(F)F. The molecule has 0 radical (unpaired) electrons. The predicted molar refractivity (Wildman–Crippen MR) is 87.2 cm³/mol. The zero-order chi connectivity index (χ0) is 18.2. The van der Waals surface area contributed by atoms with Crippen LogP contribution in [0.5, 0.6) is 0 Å². The van der Waals surface area contributed by atoms with Crippen LogP contribution in [0.2, 0.25) is 0 Å². The van der Waals surface area contributed by atoms with Gasteiger partial charge < -0.3 is 5.32 Å². The summed E-state index contributed by atoms with van der Waals surface area (Å²) in [5.74, 6) is -0.411. The van der Waals surface area contributed by atoms with Crippen molar-refractivity contribution in [2.75, 3.05) is 5.32 Å². The van der Waals surface area contributed by atoms with Crippen LogP contribution in [-0.4, -0.2) is 12.0 Å². The van der Waals surface area contributed by atoms with Crippen LogP contribution in [0.25, 0.3) is 0 Å². The quantitative estimate of drug-likeness (QED) is 0.555. The number of halogens is 3. The third-order valence-electron chi connectivity index (χ3n) is 3.10. The fourth-order valence-electron chi connectivity index (χ4n) is 2.00. The molecule has 3 nitrogen and oxygen atoms in total. The maximum absolute atomic E-state index is 13.1. The van der Waals surface area contributed by atoms with Gasteiger partial charge in [0.15, 0.2) is 5.78 Å². The number of benzene rings is 1. The third kappa shape index (κ3) is 5.92. The van der Waals surface area contributed by atoms with Crippen LogP contribution in [0.3, 0.4) is 0 Å². The second-order valence-electron chi connectivity index (χ2n) is 5.11. The lowest BCUT2D eigenvalue weighted by atomic mass is 10.1. The average Bonchev–Trinajstić information content (AvgIpc) is 2.53. The Morgan fingerprint density at radius 1 is 1.33 bits per heavy atom. The molecular formula is C18H19F3N2O. The smallest absolute Gasteiger partial charge is 0.353 e. The van der Waals surface area contributed by atoms with E-state index in [9.17, 15) is 18.0 Å². The number of Topliss-reactive ketones (excluding diaryl/α,β-unsaturated/α-hetero) is 1. The lowest BCUT2D eigenvalue weighted by Gasteiger charge is -2.13. The Morgan fingerprint density at radius 2 is 2.04 bits per heavy atom. The van der Waals surface area contributed by atoms with Crippen LogP contribution in [-0.2, 0) is 4.79 Å². The first-order chi connectivity index (χ1) is 11.3. The number of hydrogen-bond donors (Lipinski definition) is 1. The summed E-state index contributed by atoms with van der Waals surface area (Å²) < 4.78 is 39.2. The Labute approximate surface area is 139 Å². The van der Waals surface area contributed by atoms with Crippen LogP contribution in [0.1, 0.15) is 38.7 Å². The van der Waals surface area contributed by atoms with Crippen molar-refractivity contribution in [1.82, 2.24) is 0 Å². The van der Waals surface area contributed by atoms with Gasteiger partial charge in [-0.3, -0.25) is 4.79 Å². The first kappa shape index (κ1) is 19.5. The Balaban J connectivity index is 3.25. The molecule has 0 amide bonds. The van der Waals surface area contributed by atoms with Crippen LogP contribution in [0.4, 0.5) is 18.9 Å². The molecular weight excluding hydrogens is 317 g/mol. The van der Waals surface area contributed by atoms with Crippen LogP contribution in [0.15, 0.2) is 47.7 Å². The minimum atomic E-state index is -4.54. The first-order valence-corrected chi connectivity index (χ1v) is 7.61. The van der Waals surface area contributed by atoms with Gasteiger partial charge in [-0.15, -0.1) is 0 Å². The number of nitriles is 1. The molecule has 0 saturated heterocycles. The van der Waals surface area contributed by atoms with E-state index in [-0.39, 0.29) is 18.5 Å². The number of ketones is 1. The van der Waals surface area contributed by atoms with Gasteiger partial charge in [-0.05, 0) is 37.1 Å². The Bertz CT molecular complexity index is 682. The molecule has 0 atom stereocenters. The summed E-state index contributed by atoms with van der Waals surface area (Å²) in [6.45, 7) is 3.37. The molecule has 0 saturated carbocycles. The number of anilines is 1. The zero-order valence-corrected chi connectivity index (χ0v) is 13.6. The minimum absolute atomic E-state index is 0.133. The molecule has 1 aromatic carbocycles. The summed E-state index contributed by atoms with van der Waals surface area (Å²) >= 11 is 0. The number of nitrogens with one attached hydrogen (secondary N) is 1. The molecule has 0 aliphatic rings. The largest absolute Gasteiger partial charge is 0.416 e. The van der Waals surface area contributed by atoms with Crippen LogP contribution < -0.4 is 5.32 Å². The second kappa shape index (κ2) is 8.92. The molecule has 24 heavy (non-hydrogen) atoms. The average molecular weight is 336 g/mol. The number of carbonyl (C=O) groups excluding carboxylic acids is 1. The molecule has 0 spiro atoms. The molecule has 0 bridgehead atoms. The second-order valence-corrected chi connectivity index (χ2v) is 5.11. The summed E-state index contributed by atoms with van der Waals surface area (Å²) in [4.78, 5) is 12.2. The van der Waals surface area contributed by atoms with Gasteiger partial charge in [0.25, 0.3) is 0 Å². The minimum Gasteiger partial charge on any atom is -0.353 e. The topological polar surface area (TPSA) is 52.9 Å². The molecule has 0 aliphatic heterocycles. The number of alkyl halides is 3. The Morgan fingerprint density at radius 3 is 2.58 bits per heavy atom. The molecule has 1 aromatic rings. The maximum atomic E-state index is 13.1. The molecule has 6 heteroatoms. The van der Waals surface area contributed by atoms with Crippen molar-refractivity contribution in [3.8, 4) is 6.07 Å². The number of allylic oxidation sites excluding steroid dienone is 4.